The van der Waals surface area contributed by atoms with Crippen molar-refractivity contribution in [1.29, 1.82) is 0 Å². The van der Waals surface area contributed by atoms with Gasteiger partial charge in [-0.15, -0.1) is 0 Å². The van der Waals surface area contributed by atoms with Crippen molar-refractivity contribution in [2.24, 2.45) is 7.05 Å². The molecule has 4 rings (SSSR count). The van der Waals surface area contributed by atoms with Crippen molar-refractivity contribution in [2.45, 2.75) is 13.3 Å². The van der Waals surface area contributed by atoms with Gasteiger partial charge in [-0.25, -0.2) is 9.97 Å². The Kier molecular flexibility index (Phi) is 5.26. The molecule has 7 heteroatoms. The van der Waals surface area contributed by atoms with Crippen molar-refractivity contribution in [3.63, 3.8) is 0 Å². The molecular weight excluding hydrogens is 378 g/mol. The predicted molar refractivity (Wildman–Crippen MR) is 115 cm³/mol. The Hall–Kier alpha value is -4.00. The van der Waals surface area contributed by atoms with Gasteiger partial charge in [-0.1, -0.05) is 24.3 Å². The molecule has 1 aromatic carbocycles. The minimum atomic E-state index is -0.142. The fraction of sp³-hybridized carbons (Fsp3) is 0.130. The number of aromatic nitrogens is 4. The van der Waals surface area contributed by atoms with Gasteiger partial charge in [0.15, 0.2) is 0 Å². The molecule has 0 fully saturated rings. The Morgan fingerprint density at radius 3 is 2.57 bits per heavy atom. The van der Waals surface area contributed by atoms with Crippen LogP contribution in [-0.2, 0) is 13.5 Å². The van der Waals surface area contributed by atoms with Crippen LogP contribution in [0.1, 0.15) is 17.0 Å². The second-order valence-corrected chi connectivity index (χ2v) is 6.95. The zero-order chi connectivity index (χ0) is 21.1. The fourth-order valence-corrected chi connectivity index (χ4v) is 3.12. The highest BCUT2D eigenvalue weighted by molar-refractivity contribution is 5.57. The van der Waals surface area contributed by atoms with E-state index in [1.807, 2.05) is 18.2 Å². The molecule has 0 aliphatic rings. The molecule has 0 aliphatic heterocycles. The smallest absolute Gasteiger partial charge is 0.262 e. The van der Waals surface area contributed by atoms with Crippen LogP contribution in [0.2, 0.25) is 0 Å². The summed E-state index contributed by atoms with van der Waals surface area (Å²) in [6.07, 6.45) is 5.31. The van der Waals surface area contributed by atoms with E-state index in [1.165, 1.54) is 5.56 Å². The van der Waals surface area contributed by atoms with Crippen LogP contribution in [0, 0.1) is 6.92 Å². The highest BCUT2D eigenvalue weighted by Gasteiger charge is 2.12. The first-order valence-electron chi connectivity index (χ1n) is 9.46. The molecule has 0 bridgehead atoms. The Morgan fingerprint density at radius 1 is 1.00 bits per heavy atom. The van der Waals surface area contributed by atoms with Crippen molar-refractivity contribution in [2.75, 3.05) is 5.73 Å². The molecule has 3 aromatic heterocycles. The summed E-state index contributed by atoms with van der Waals surface area (Å²) in [5.41, 5.74) is 8.80. The zero-order valence-corrected chi connectivity index (χ0v) is 16.7. The van der Waals surface area contributed by atoms with E-state index in [1.54, 1.807) is 54.5 Å². The number of rotatable bonds is 5. The van der Waals surface area contributed by atoms with Crippen LogP contribution in [0.3, 0.4) is 0 Å². The summed E-state index contributed by atoms with van der Waals surface area (Å²) in [4.78, 5) is 25.7. The average Bonchev–Trinajstić information content (AvgIpc) is 2.74. The molecule has 0 saturated carbocycles. The minimum absolute atomic E-state index is 0.142. The lowest BCUT2D eigenvalue weighted by Crippen LogP contribution is -2.24. The van der Waals surface area contributed by atoms with E-state index in [-0.39, 0.29) is 5.56 Å². The van der Waals surface area contributed by atoms with Gasteiger partial charge < -0.3 is 10.5 Å². The topological polar surface area (TPSA) is 95.9 Å². The molecule has 2 N–H and O–H groups in total. The third kappa shape index (κ3) is 4.05. The molecule has 30 heavy (non-hydrogen) atoms. The van der Waals surface area contributed by atoms with E-state index >= 15 is 0 Å². The quantitative estimate of drug-likeness (QED) is 0.552. The number of nitrogens with two attached hydrogens (primary N) is 1. The van der Waals surface area contributed by atoms with Crippen LogP contribution in [-0.4, -0.2) is 19.5 Å². The van der Waals surface area contributed by atoms with Crippen molar-refractivity contribution in [1.82, 2.24) is 19.5 Å². The van der Waals surface area contributed by atoms with Crippen LogP contribution in [0.5, 0.6) is 11.5 Å². The number of ether oxygens (including phenoxy) is 1. The molecule has 0 spiro atoms. The molecule has 4 aromatic rings. The largest absolute Gasteiger partial charge is 0.456 e. The first-order chi connectivity index (χ1) is 14.5. The van der Waals surface area contributed by atoms with Crippen LogP contribution in [0.15, 0.2) is 71.9 Å². The van der Waals surface area contributed by atoms with Crippen molar-refractivity contribution < 1.29 is 4.74 Å². The second-order valence-electron chi connectivity index (χ2n) is 6.95. The molecular formula is C23H21N5O2. The van der Waals surface area contributed by atoms with E-state index in [2.05, 4.69) is 27.9 Å². The summed E-state index contributed by atoms with van der Waals surface area (Å²) in [7, 11) is 1.73. The molecule has 0 saturated heterocycles. The predicted octanol–water partition coefficient (Wildman–Crippen LogP) is 3.51. The number of pyridine rings is 2. The van der Waals surface area contributed by atoms with E-state index < -0.39 is 0 Å². The fourth-order valence-electron chi connectivity index (χ4n) is 3.12. The second kappa shape index (κ2) is 8.16. The Bertz CT molecular complexity index is 1250. The Balaban J connectivity index is 1.57. The Labute approximate surface area is 173 Å². The molecule has 7 nitrogen and oxygen atoms in total. The van der Waals surface area contributed by atoms with Gasteiger partial charge in [0, 0.05) is 31.9 Å². The summed E-state index contributed by atoms with van der Waals surface area (Å²) in [6.45, 7) is 2.05. The zero-order valence-electron chi connectivity index (χ0n) is 16.7. The summed E-state index contributed by atoms with van der Waals surface area (Å²) in [6, 6.07) is 14.9. The van der Waals surface area contributed by atoms with Crippen LogP contribution < -0.4 is 16.0 Å². The minimum Gasteiger partial charge on any atom is -0.456 e. The van der Waals surface area contributed by atoms with Gasteiger partial charge in [-0.3, -0.25) is 14.3 Å². The van der Waals surface area contributed by atoms with Crippen molar-refractivity contribution in [3.8, 4) is 22.8 Å². The molecule has 3 heterocycles. The lowest BCUT2D eigenvalue weighted by Gasteiger charge is -2.11. The lowest BCUT2D eigenvalue weighted by molar-refractivity contribution is 0.480. The molecule has 150 valence electrons. The van der Waals surface area contributed by atoms with E-state index in [0.717, 1.165) is 5.56 Å². The van der Waals surface area contributed by atoms with Gasteiger partial charge in [-0.2, -0.15) is 0 Å². The van der Waals surface area contributed by atoms with Gasteiger partial charge >= 0.3 is 0 Å². The van der Waals surface area contributed by atoms with Gasteiger partial charge in [-0.05, 0) is 36.2 Å². The van der Waals surface area contributed by atoms with Gasteiger partial charge in [0.05, 0.1) is 17.5 Å². The highest BCUT2D eigenvalue weighted by atomic mass is 16.5. The third-order valence-corrected chi connectivity index (χ3v) is 4.88. The van der Waals surface area contributed by atoms with E-state index in [9.17, 15) is 4.79 Å². The van der Waals surface area contributed by atoms with Crippen LogP contribution in [0.4, 0.5) is 5.82 Å². The first kappa shape index (κ1) is 19.3. The number of hydrogen-bond donors (Lipinski definition) is 1. The number of benzene rings is 1. The maximum absolute atomic E-state index is 12.9. The maximum atomic E-state index is 12.9. The number of anilines is 1. The van der Waals surface area contributed by atoms with E-state index in [0.29, 0.717) is 40.8 Å². The van der Waals surface area contributed by atoms with Crippen molar-refractivity contribution in [3.05, 3.63) is 94.4 Å². The summed E-state index contributed by atoms with van der Waals surface area (Å²) < 4.78 is 7.30. The normalized spacial score (nSPS) is 10.7. The molecule has 0 amide bonds. The lowest BCUT2D eigenvalue weighted by atomic mass is 10.1. The highest BCUT2D eigenvalue weighted by Crippen LogP contribution is 2.23. The summed E-state index contributed by atoms with van der Waals surface area (Å²) in [5.74, 6) is 2.17. The van der Waals surface area contributed by atoms with Crippen LogP contribution >= 0.6 is 0 Å². The number of aryl methyl sites for hydroxylation is 1. The molecule has 0 atom stereocenters. The molecule has 0 unspecified atom stereocenters. The number of nitrogen functional groups attached to an aromatic ring is 1. The average molecular weight is 399 g/mol. The van der Waals surface area contributed by atoms with E-state index in [4.69, 9.17) is 10.5 Å². The Morgan fingerprint density at radius 2 is 1.83 bits per heavy atom. The standard InChI is InChI=1S/C23H21N5O2/c1-15-5-3-4-6-16(15)11-22-27-14-19(23(29)28(22)2)20-8-7-18(13-26-20)30-17-9-10-25-21(24)12-17/h3-10,12-14H,11H2,1-2H3,(H2,24,25). The molecule has 0 aliphatic carbocycles. The maximum Gasteiger partial charge on any atom is 0.262 e. The van der Waals surface area contributed by atoms with Crippen LogP contribution in [0.25, 0.3) is 11.3 Å². The number of nitrogens with zero attached hydrogens (tertiary/aromatic N) is 4. The third-order valence-electron chi connectivity index (χ3n) is 4.88. The SMILES string of the molecule is Cc1ccccc1Cc1ncc(-c2ccc(Oc3ccnc(N)c3)cn2)c(=O)n1C. The summed E-state index contributed by atoms with van der Waals surface area (Å²) in [5, 5.41) is 0. The summed E-state index contributed by atoms with van der Waals surface area (Å²) >= 11 is 0. The molecule has 0 radical (unpaired) electrons. The van der Waals surface area contributed by atoms with Gasteiger partial charge in [0.1, 0.15) is 23.1 Å². The van der Waals surface area contributed by atoms with Crippen molar-refractivity contribution >= 4 is 5.82 Å². The van der Waals surface area contributed by atoms with Gasteiger partial charge in [0.25, 0.3) is 5.56 Å². The monoisotopic (exact) mass is 399 g/mol. The number of hydrogen-bond acceptors (Lipinski definition) is 6. The van der Waals surface area contributed by atoms with Gasteiger partial charge in [0.2, 0.25) is 0 Å². The first-order valence-corrected chi connectivity index (χ1v) is 9.46.